The number of nitrogens with one attached hydrogen (secondary N) is 1. The molecule has 1 aliphatic rings. The summed E-state index contributed by atoms with van der Waals surface area (Å²) in [5.74, 6) is 0.902. The van der Waals surface area contributed by atoms with Gasteiger partial charge in [-0.15, -0.1) is 0 Å². The Kier molecular flexibility index (Phi) is 6.00. The summed E-state index contributed by atoms with van der Waals surface area (Å²) in [6.07, 6.45) is 9.41. The van der Waals surface area contributed by atoms with Crippen LogP contribution in [0.15, 0.2) is 29.1 Å². The van der Waals surface area contributed by atoms with Crippen molar-refractivity contribution in [1.29, 1.82) is 0 Å². The average Bonchev–Trinajstić information content (AvgIpc) is 2.94. The molecule has 0 unspecified atom stereocenters. The van der Waals surface area contributed by atoms with Crippen molar-refractivity contribution in [3.8, 4) is 17.0 Å². The fourth-order valence-corrected chi connectivity index (χ4v) is 3.86. The zero-order valence-corrected chi connectivity index (χ0v) is 15.5. The standard InChI is InChI=1S/C21H30N2O2/c1-3-4-8-15-25-19-13-11-17(12-14-19)20-16(2)22-21(24)23(20)18-9-6-5-7-10-18/h11-14,18H,3-10,15H2,1-2H3,(H,22,24). The molecule has 3 rings (SSSR count). The van der Waals surface area contributed by atoms with Crippen molar-refractivity contribution in [2.24, 2.45) is 0 Å². The highest BCUT2D eigenvalue weighted by atomic mass is 16.5. The summed E-state index contributed by atoms with van der Waals surface area (Å²) >= 11 is 0. The Labute approximate surface area is 150 Å². The van der Waals surface area contributed by atoms with E-state index in [9.17, 15) is 4.79 Å². The normalized spacial score (nSPS) is 15.4. The number of hydrogen-bond donors (Lipinski definition) is 1. The molecule has 1 saturated carbocycles. The van der Waals surface area contributed by atoms with Crippen LogP contribution >= 0.6 is 0 Å². The molecule has 0 amide bonds. The summed E-state index contributed by atoms with van der Waals surface area (Å²) in [6.45, 7) is 4.95. The molecule has 1 aromatic carbocycles. The first kappa shape index (κ1) is 17.8. The van der Waals surface area contributed by atoms with Crippen LogP contribution < -0.4 is 10.4 Å². The second kappa shape index (κ2) is 8.41. The fourth-order valence-electron chi connectivity index (χ4n) is 3.86. The molecule has 4 heteroatoms. The monoisotopic (exact) mass is 342 g/mol. The van der Waals surface area contributed by atoms with Crippen molar-refractivity contribution >= 4 is 0 Å². The molecule has 136 valence electrons. The van der Waals surface area contributed by atoms with E-state index in [1.54, 1.807) is 0 Å². The van der Waals surface area contributed by atoms with Crippen LogP contribution in [0.3, 0.4) is 0 Å². The minimum absolute atomic E-state index is 0.0271. The molecular formula is C21H30N2O2. The molecule has 0 radical (unpaired) electrons. The molecule has 25 heavy (non-hydrogen) atoms. The van der Waals surface area contributed by atoms with Gasteiger partial charge in [0.15, 0.2) is 0 Å². The van der Waals surface area contributed by atoms with Gasteiger partial charge in [-0.2, -0.15) is 0 Å². The van der Waals surface area contributed by atoms with Crippen LogP contribution in [0.25, 0.3) is 11.3 Å². The number of unbranched alkanes of at least 4 members (excludes halogenated alkanes) is 2. The molecule has 2 aromatic rings. The molecule has 1 N–H and O–H groups in total. The molecule has 4 nitrogen and oxygen atoms in total. The number of aryl methyl sites for hydroxylation is 1. The molecule has 0 saturated heterocycles. The first-order valence-corrected chi connectivity index (χ1v) is 9.75. The number of aromatic nitrogens is 2. The number of imidazole rings is 1. The molecule has 1 heterocycles. The van der Waals surface area contributed by atoms with Crippen LogP contribution in [-0.2, 0) is 0 Å². The van der Waals surface area contributed by atoms with Crippen molar-refractivity contribution in [1.82, 2.24) is 9.55 Å². The van der Waals surface area contributed by atoms with Gasteiger partial charge in [0.2, 0.25) is 0 Å². The summed E-state index contributed by atoms with van der Waals surface area (Å²) in [6, 6.07) is 8.51. The summed E-state index contributed by atoms with van der Waals surface area (Å²) < 4.78 is 7.80. The lowest BCUT2D eigenvalue weighted by Gasteiger charge is -2.24. The Morgan fingerprint density at radius 3 is 2.52 bits per heavy atom. The minimum Gasteiger partial charge on any atom is -0.494 e. The maximum absolute atomic E-state index is 12.5. The van der Waals surface area contributed by atoms with Crippen molar-refractivity contribution < 1.29 is 4.74 Å². The smallest absolute Gasteiger partial charge is 0.326 e. The van der Waals surface area contributed by atoms with Gasteiger partial charge < -0.3 is 9.72 Å². The highest BCUT2D eigenvalue weighted by Crippen LogP contribution is 2.32. The van der Waals surface area contributed by atoms with Crippen LogP contribution in [0.2, 0.25) is 0 Å². The van der Waals surface area contributed by atoms with Crippen LogP contribution in [0, 0.1) is 6.92 Å². The minimum atomic E-state index is 0.0271. The van der Waals surface area contributed by atoms with E-state index in [-0.39, 0.29) is 5.69 Å². The van der Waals surface area contributed by atoms with Crippen LogP contribution in [0.5, 0.6) is 5.75 Å². The Morgan fingerprint density at radius 1 is 1.12 bits per heavy atom. The van der Waals surface area contributed by atoms with Gasteiger partial charge >= 0.3 is 5.69 Å². The molecule has 0 spiro atoms. The maximum Gasteiger partial charge on any atom is 0.326 e. The van der Waals surface area contributed by atoms with Crippen molar-refractivity contribution in [2.75, 3.05) is 6.61 Å². The highest BCUT2D eigenvalue weighted by Gasteiger charge is 2.22. The third-order valence-corrected chi connectivity index (χ3v) is 5.19. The molecule has 1 fully saturated rings. The molecule has 0 aliphatic heterocycles. The van der Waals surface area contributed by atoms with Gasteiger partial charge in [-0.05, 0) is 50.5 Å². The van der Waals surface area contributed by atoms with Crippen molar-refractivity contribution in [3.05, 3.63) is 40.4 Å². The van der Waals surface area contributed by atoms with Crippen LogP contribution in [0.4, 0.5) is 0 Å². The van der Waals surface area contributed by atoms with E-state index in [4.69, 9.17) is 4.74 Å². The lowest BCUT2D eigenvalue weighted by Crippen LogP contribution is -2.24. The molecule has 1 aliphatic carbocycles. The largest absolute Gasteiger partial charge is 0.494 e. The van der Waals surface area contributed by atoms with Gasteiger partial charge in [-0.3, -0.25) is 4.57 Å². The van der Waals surface area contributed by atoms with E-state index in [1.165, 1.54) is 32.1 Å². The Morgan fingerprint density at radius 2 is 1.84 bits per heavy atom. The van der Waals surface area contributed by atoms with Crippen LogP contribution in [0.1, 0.15) is 70.0 Å². The fraction of sp³-hybridized carbons (Fsp3) is 0.571. The van der Waals surface area contributed by atoms with Crippen molar-refractivity contribution in [3.63, 3.8) is 0 Å². The third kappa shape index (κ3) is 4.17. The summed E-state index contributed by atoms with van der Waals surface area (Å²) in [4.78, 5) is 15.5. The van der Waals surface area contributed by atoms with Crippen molar-refractivity contribution in [2.45, 2.75) is 71.3 Å². The summed E-state index contributed by atoms with van der Waals surface area (Å²) in [5, 5.41) is 0. The quantitative estimate of drug-likeness (QED) is 0.701. The first-order valence-electron chi connectivity index (χ1n) is 9.75. The third-order valence-electron chi connectivity index (χ3n) is 5.19. The maximum atomic E-state index is 12.5. The summed E-state index contributed by atoms with van der Waals surface area (Å²) in [7, 11) is 0. The number of nitrogens with zero attached hydrogens (tertiary/aromatic N) is 1. The van der Waals surface area contributed by atoms with E-state index in [2.05, 4.69) is 24.0 Å². The van der Waals surface area contributed by atoms with E-state index >= 15 is 0 Å². The van der Waals surface area contributed by atoms with Gasteiger partial charge in [-0.25, -0.2) is 4.79 Å². The second-order valence-electron chi connectivity index (χ2n) is 7.15. The lowest BCUT2D eigenvalue weighted by molar-refractivity contribution is 0.306. The Hall–Kier alpha value is -1.97. The number of rotatable bonds is 7. The number of benzene rings is 1. The molecule has 0 bridgehead atoms. The van der Waals surface area contributed by atoms with Gasteiger partial charge in [0.05, 0.1) is 12.3 Å². The molecular weight excluding hydrogens is 312 g/mol. The zero-order valence-electron chi connectivity index (χ0n) is 15.5. The van der Waals surface area contributed by atoms with E-state index in [0.717, 1.165) is 48.6 Å². The SMILES string of the molecule is CCCCCOc1ccc(-c2c(C)[nH]c(=O)n2C2CCCCC2)cc1. The average molecular weight is 342 g/mol. The first-order chi connectivity index (χ1) is 12.2. The highest BCUT2D eigenvalue weighted by molar-refractivity contribution is 5.63. The number of H-pyrrole nitrogens is 1. The van der Waals surface area contributed by atoms with Gasteiger partial charge in [0.25, 0.3) is 0 Å². The second-order valence-corrected chi connectivity index (χ2v) is 7.15. The lowest BCUT2D eigenvalue weighted by atomic mass is 9.94. The van der Waals surface area contributed by atoms with Crippen LogP contribution in [-0.4, -0.2) is 16.2 Å². The van der Waals surface area contributed by atoms with Gasteiger partial charge in [0.1, 0.15) is 5.75 Å². The Bertz CT molecular complexity index is 721. The topological polar surface area (TPSA) is 47.0 Å². The number of hydrogen-bond acceptors (Lipinski definition) is 2. The Balaban J connectivity index is 1.80. The predicted molar refractivity (Wildman–Crippen MR) is 102 cm³/mol. The number of ether oxygens (including phenoxy) is 1. The molecule has 1 aromatic heterocycles. The number of aromatic amines is 1. The van der Waals surface area contributed by atoms with E-state index < -0.39 is 0 Å². The summed E-state index contributed by atoms with van der Waals surface area (Å²) in [5.41, 5.74) is 3.10. The predicted octanol–water partition coefficient (Wildman–Crippen LogP) is 5.23. The zero-order chi connectivity index (χ0) is 17.6. The van der Waals surface area contributed by atoms with E-state index in [0.29, 0.717) is 6.04 Å². The van der Waals surface area contributed by atoms with Gasteiger partial charge in [-0.1, -0.05) is 39.0 Å². The van der Waals surface area contributed by atoms with Gasteiger partial charge in [0, 0.05) is 17.3 Å². The molecule has 0 atom stereocenters. The van der Waals surface area contributed by atoms with E-state index in [1.807, 2.05) is 23.6 Å².